The second kappa shape index (κ2) is 5.23. The number of rotatable bonds is 3. The number of pyridine rings is 1. The molecule has 0 atom stereocenters. The highest BCUT2D eigenvalue weighted by Crippen LogP contribution is 2.33. The minimum absolute atomic E-state index is 0.192. The van der Waals surface area contributed by atoms with Crippen LogP contribution in [0.1, 0.15) is 0 Å². The van der Waals surface area contributed by atoms with Crippen LogP contribution >= 0.6 is 11.6 Å². The fraction of sp³-hybridized carbons (Fsp3) is 0.154. The van der Waals surface area contributed by atoms with Crippen LogP contribution < -0.4 is 9.47 Å². The summed E-state index contributed by atoms with van der Waals surface area (Å²) in [5.41, 5.74) is 1.33. The summed E-state index contributed by atoms with van der Waals surface area (Å²) in [4.78, 5) is 3.91. The standard InChI is InChI=1S/C13H11ClFNO2/c1-17-11-4-3-8(5-10(11)15)9-6-13(14)16-7-12(9)18-2/h3-7H,1-2H3. The van der Waals surface area contributed by atoms with Gasteiger partial charge in [0.2, 0.25) is 0 Å². The lowest BCUT2D eigenvalue weighted by Gasteiger charge is -2.09. The van der Waals surface area contributed by atoms with Crippen molar-refractivity contribution in [2.24, 2.45) is 0 Å². The zero-order valence-electron chi connectivity index (χ0n) is 9.91. The highest BCUT2D eigenvalue weighted by molar-refractivity contribution is 6.29. The van der Waals surface area contributed by atoms with Gasteiger partial charge in [-0.05, 0) is 23.8 Å². The van der Waals surface area contributed by atoms with E-state index in [2.05, 4.69) is 4.98 Å². The largest absolute Gasteiger partial charge is 0.494 e. The van der Waals surface area contributed by atoms with Gasteiger partial charge in [-0.15, -0.1) is 0 Å². The molecule has 0 aliphatic rings. The molecule has 0 fully saturated rings. The van der Waals surface area contributed by atoms with Gasteiger partial charge in [-0.1, -0.05) is 17.7 Å². The molecule has 1 heterocycles. The van der Waals surface area contributed by atoms with Crippen LogP contribution in [0.3, 0.4) is 0 Å². The van der Waals surface area contributed by atoms with Gasteiger partial charge in [0.05, 0.1) is 20.4 Å². The number of hydrogen-bond acceptors (Lipinski definition) is 3. The van der Waals surface area contributed by atoms with Gasteiger partial charge in [-0.25, -0.2) is 9.37 Å². The third-order valence-corrected chi connectivity index (χ3v) is 2.72. The summed E-state index contributed by atoms with van der Waals surface area (Å²) in [6.07, 6.45) is 1.50. The van der Waals surface area contributed by atoms with Crippen LogP contribution in [0.5, 0.6) is 11.5 Å². The molecule has 2 rings (SSSR count). The molecular weight excluding hydrogens is 257 g/mol. The maximum absolute atomic E-state index is 13.7. The Morgan fingerprint density at radius 2 is 1.83 bits per heavy atom. The van der Waals surface area contributed by atoms with E-state index < -0.39 is 5.82 Å². The summed E-state index contributed by atoms with van der Waals surface area (Å²) >= 11 is 5.84. The maximum atomic E-state index is 13.7. The van der Waals surface area contributed by atoms with E-state index in [0.29, 0.717) is 22.0 Å². The number of ether oxygens (including phenoxy) is 2. The van der Waals surface area contributed by atoms with Crippen LogP contribution in [0.15, 0.2) is 30.5 Å². The molecule has 0 bridgehead atoms. The van der Waals surface area contributed by atoms with Crippen LogP contribution in [0.25, 0.3) is 11.1 Å². The molecule has 0 saturated heterocycles. The van der Waals surface area contributed by atoms with Crippen molar-refractivity contribution in [1.82, 2.24) is 4.98 Å². The zero-order valence-corrected chi connectivity index (χ0v) is 10.7. The lowest BCUT2D eigenvalue weighted by atomic mass is 10.1. The minimum atomic E-state index is -0.440. The summed E-state index contributed by atoms with van der Waals surface area (Å²) in [6.45, 7) is 0. The molecule has 0 aliphatic carbocycles. The van der Waals surface area contributed by atoms with Gasteiger partial charge in [-0.3, -0.25) is 0 Å². The second-order valence-corrected chi connectivity index (χ2v) is 3.94. The highest BCUT2D eigenvalue weighted by Gasteiger charge is 2.10. The molecule has 0 spiro atoms. The van der Waals surface area contributed by atoms with Crippen molar-refractivity contribution in [3.8, 4) is 22.6 Å². The Morgan fingerprint density at radius 1 is 1.11 bits per heavy atom. The van der Waals surface area contributed by atoms with Crippen molar-refractivity contribution in [3.05, 3.63) is 41.4 Å². The quantitative estimate of drug-likeness (QED) is 0.797. The maximum Gasteiger partial charge on any atom is 0.165 e. The lowest BCUT2D eigenvalue weighted by Crippen LogP contribution is -1.92. The number of aromatic nitrogens is 1. The smallest absolute Gasteiger partial charge is 0.165 e. The molecule has 1 aromatic carbocycles. The first-order valence-electron chi connectivity index (χ1n) is 5.19. The van der Waals surface area contributed by atoms with Gasteiger partial charge in [0.1, 0.15) is 10.9 Å². The number of methoxy groups -OCH3 is 2. The van der Waals surface area contributed by atoms with Crippen LogP contribution in [-0.2, 0) is 0 Å². The fourth-order valence-corrected chi connectivity index (χ4v) is 1.80. The Morgan fingerprint density at radius 3 is 2.44 bits per heavy atom. The Bertz CT molecular complexity index is 575. The van der Waals surface area contributed by atoms with Crippen LogP contribution in [0.4, 0.5) is 4.39 Å². The van der Waals surface area contributed by atoms with E-state index in [-0.39, 0.29) is 5.75 Å². The van der Waals surface area contributed by atoms with Gasteiger partial charge < -0.3 is 9.47 Å². The average molecular weight is 268 g/mol. The molecule has 0 N–H and O–H groups in total. The van der Waals surface area contributed by atoms with Gasteiger partial charge >= 0.3 is 0 Å². The fourth-order valence-electron chi connectivity index (χ4n) is 1.64. The Hall–Kier alpha value is -1.81. The monoisotopic (exact) mass is 267 g/mol. The van der Waals surface area contributed by atoms with E-state index in [1.165, 1.54) is 26.5 Å². The molecule has 0 unspecified atom stereocenters. The van der Waals surface area contributed by atoms with Crippen molar-refractivity contribution >= 4 is 11.6 Å². The molecular formula is C13H11ClFNO2. The van der Waals surface area contributed by atoms with Crippen molar-refractivity contribution in [3.63, 3.8) is 0 Å². The van der Waals surface area contributed by atoms with E-state index in [4.69, 9.17) is 21.1 Å². The summed E-state index contributed by atoms with van der Waals surface area (Å²) in [5.74, 6) is 0.284. The molecule has 0 radical (unpaired) electrons. The Labute approximate surface area is 109 Å². The van der Waals surface area contributed by atoms with Crippen LogP contribution in [0, 0.1) is 5.82 Å². The number of nitrogens with zero attached hydrogens (tertiary/aromatic N) is 1. The minimum Gasteiger partial charge on any atom is -0.494 e. The van der Waals surface area contributed by atoms with Crippen molar-refractivity contribution in [2.75, 3.05) is 14.2 Å². The molecule has 0 saturated carbocycles. The molecule has 3 nitrogen and oxygen atoms in total. The Kier molecular flexibility index (Phi) is 3.67. The number of hydrogen-bond donors (Lipinski definition) is 0. The summed E-state index contributed by atoms with van der Waals surface area (Å²) in [7, 11) is 2.94. The Balaban J connectivity index is 2.54. The van der Waals surface area contributed by atoms with Gasteiger partial charge in [0.25, 0.3) is 0 Å². The molecule has 0 aliphatic heterocycles. The predicted octanol–water partition coefficient (Wildman–Crippen LogP) is 3.56. The molecule has 2 aromatic rings. The van der Waals surface area contributed by atoms with E-state index in [1.54, 1.807) is 18.2 Å². The van der Waals surface area contributed by atoms with Crippen LogP contribution in [0.2, 0.25) is 5.15 Å². The number of benzene rings is 1. The molecule has 1 aromatic heterocycles. The molecule has 18 heavy (non-hydrogen) atoms. The second-order valence-electron chi connectivity index (χ2n) is 3.56. The molecule has 0 amide bonds. The average Bonchev–Trinajstić information content (AvgIpc) is 2.38. The van der Waals surface area contributed by atoms with Crippen LogP contribution in [-0.4, -0.2) is 19.2 Å². The van der Waals surface area contributed by atoms with Gasteiger partial charge in [0, 0.05) is 5.56 Å². The summed E-state index contributed by atoms with van der Waals surface area (Å²) in [6, 6.07) is 6.28. The third kappa shape index (κ3) is 2.38. The topological polar surface area (TPSA) is 31.4 Å². The first-order chi connectivity index (χ1) is 8.65. The van der Waals surface area contributed by atoms with Crippen molar-refractivity contribution < 1.29 is 13.9 Å². The van der Waals surface area contributed by atoms with Gasteiger partial charge in [0.15, 0.2) is 11.6 Å². The summed E-state index contributed by atoms with van der Waals surface area (Å²) < 4.78 is 23.7. The first-order valence-corrected chi connectivity index (χ1v) is 5.57. The van der Waals surface area contributed by atoms with E-state index in [1.807, 2.05) is 0 Å². The SMILES string of the molecule is COc1ccc(-c2cc(Cl)ncc2OC)cc1F. The summed E-state index contributed by atoms with van der Waals surface area (Å²) in [5, 5.41) is 0.321. The van der Waals surface area contributed by atoms with Crippen molar-refractivity contribution in [1.29, 1.82) is 0 Å². The van der Waals surface area contributed by atoms with Gasteiger partial charge in [-0.2, -0.15) is 0 Å². The van der Waals surface area contributed by atoms with Crippen molar-refractivity contribution in [2.45, 2.75) is 0 Å². The first kappa shape index (κ1) is 12.6. The van der Waals surface area contributed by atoms with E-state index in [0.717, 1.165) is 0 Å². The lowest BCUT2D eigenvalue weighted by molar-refractivity contribution is 0.386. The van der Waals surface area contributed by atoms with E-state index >= 15 is 0 Å². The number of halogens is 2. The molecule has 5 heteroatoms. The molecule has 94 valence electrons. The zero-order chi connectivity index (χ0) is 13.1. The normalized spacial score (nSPS) is 10.2. The highest BCUT2D eigenvalue weighted by atomic mass is 35.5. The third-order valence-electron chi connectivity index (χ3n) is 2.52. The predicted molar refractivity (Wildman–Crippen MR) is 67.7 cm³/mol. The van der Waals surface area contributed by atoms with E-state index in [9.17, 15) is 4.39 Å².